The topological polar surface area (TPSA) is 63.1 Å². The highest BCUT2D eigenvalue weighted by atomic mass is 16.3. The minimum absolute atomic E-state index is 0.0816. The lowest BCUT2D eigenvalue weighted by Crippen LogP contribution is -2.91. The van der Waals surface area contributed by atoms with E-state index < -0.39 is 5.60 Å². The van der Waals surface area contributed by atoms with Crippen LogP contribution >= 0.6 is 0 Å². The lowest BCUT2D eigenvalue weighted by Gasteiger charge is -2.44. The van der Waals surface area contributed by atoms with Crippen LogP contribution in [0, 0.1) is 5.92 Å². The fraction of sp³-hybridized carbons (Fsp3) is 0.474. The van der Waals surface area contributed by atoms with Gasteiger partial charge in [0.1, 0.15) is 6.04 Å². The summed E-state index contributed by atoms with van der Waals surface area (Å²) in [6.45, 7) is 6.01. The molecule has 3 rings (SSSR count). The van der Waals surface area contributed by atoms with Crippen LogP contribution in [-0.4, -0.2) is 10.7 Å². The molecule has 124 valence electrons. The van der Waals surface area contributed by atoms with Gasteiger partial charge >= 0.3 is 0 Å². The SMILES string of the molecule is C=CC[C@@]1(O)C[C@@H](c2ccco2)[NH2+][C@H](c2ccco2)[C@H]1CCC. The number of hydrogen-bond donors (Lipinski definition) is 2. The maximum absolute atomic E-state index is 11.4. The summed E-state index contributed by atoms with van der Waals surface area (Å²) in [6, 6.07) is 7.96. The van der Waals surface area contributed by atoms with Crippen LogP contribution in [0.3, 0.4) is 0 Å². The predicted octanol–water partition coefficient (Wildman–Crippen LogP) is 3.35. The summed E-state index contributed by atoms with van der Waals surface area (Å²) in [5, 5.41) is 13.7. The van der Waals surface area contributed by atoms with E-state index >= 15 is 0 Å². The van der Waals surface area contributed by atoms with E-state index in [-0.39, 0.29) is 18.0 Å². The minimum Gasteiger partial charge on any atom is -0.463 e. The maximum Gasteiger partial charge on any atom is 0.161 e. The van der Waals surface area contributed by atoms with Gasteiger partial charge in [-0.2, -0.15) is 0 Å². The highest BCUT2D eigenvalue weighted by Crippen LogP contribution is 2.43. The third-order valence-electron chi connectivity index (χ3n) is 5.01. The highest BCUT2D eigenvalue weighted by Gasteiger charge is 2.51. The van der Waals surface area contributed by atoms with Crippen LogP contribution in [0.15, 0.2) is 58.3 Å². The predicted molar refractivity (Wildman–Crippen MR) is 87.6 cm³/mol. The van der Waals surface area contributed by atoms with Crippen molar-refractivity contribution in [1.82, 2.24) is 0 Å². The molecule has 0 amide bonds. The second-order valence-electron chi connectivity index (χ2n) is 6.55. The first-order valence-electron chi connectivity index (χ1n) is 8.43. The van der Waals surface area contributed by atoms with E-state index in [4.69, 9.17) is 8.83 Å². The zero-order valence-corrected chi connectivity index (χ0v) is 13.7. The Bertz CT molecular complexity index is 605. The van der Waals surface area contributed by atoms with Gasteiger partial charge in [-0.15, -0.1) is 6.58 Å². The van der Waals surface area contributed by atoms with Gasteiger partial charge in [-0.05, 0) is 37.1 Å². The molecule has 2 aromatic rings. The Morgan fingerprint density at radius 3 is 2.57 bits per heavy atom. The van der Waals surface area contributed by atoms with Gasteiger partial charge < -0.3 is 19.3 Å². The second kappa shape index (κ2) is 6.77. The van der Waals surface area contributed by atoms with Gasteiger partial charge in [0.25, 0.3) is 0 Å². The van der Waals surface area contributed by atoms with E-state index in [2.05, 4.69) is 18.8 Å². The molecule has 3 heterocycles. The lowest BCUT2D eigenvalue weighted by atomic mass is 9.69. The summed E-state index contributed by atoms with van der Waals surface area (Å²) in [6.07, 6.45) is 8.45. The van der Waals surface area contributed by atoms with Crippen LogP contribution in [0.25, 0.3) is 0 Å². The Hall–Kier alpha value is -1.78. The van der Waals surface area contributed by atoms with Crippen LogP contribution in [0.5, 0.6) is 0 Å². The quantitative estimate of drug-likeness (QED) is 0.803. The average molecular weight is 316 g/mol. The van der Waals surface area contributed by atoms with Crippen molar-refractivity contribution >= 4 is 0 Å². The molecule has 1 saturated heterocycles. The van der Waals surface area contributed by atoms with Gasteiger partial charge in [0.05, 0.1) is 18.1 Å². The summed E-state index contributed by atoms with van der Waals surface area (Å²) >= 11 is 0. The molecule has 4 heteroatoms. The molecule has 1 aliphatic rings. The molecule has 0 aromatic carbocycles. The van der Waals surface area contributed by atoms with E-state index in [9.17, 15) is 5.11 Å². The number of nitrogens with two attached hydrogens (primary N) is 1. The number of hydrogen-bond acceptors (Lipinski definition) is 3. The molecule has 0 aliphatic carbocycles. The zero-order valence-electron chi connectivity index (χ0n) is 13.7. The van der Waals surface area contributed by atoms with Crippen LogP contribution in [0.2, 0.25) is 0 Å². The van der Waals surface area contributed by atoms with Gasteiger partial charge in [-0.25, -0.2) is 0 Å². The van der Waals surface area contributed by atoms with Crippen molar-refractivity contribution in [2.24, 2.45) is 5.92 Å². The third-order valence-corrected chi connectivity index (χ3v) is 5.01. The van der Waals surface area contributed by atoms with Crippen LogP contribution in [0.4, 0.5) is 0 Å². The fourth-order valence-corrected chi connectivity index (χ4v) is 4.03. The molecule has 23 heavy (non-hydrogen) atoms. The lowest BCUT2D eigenvalue weighted by molar-refractivity contribution is -0.760. The first kappa shape index (κ1) is 16.1. The minimum atomic E-state index is -0.790. The van der Waals surface area contributed by atoms with Crippen molar-refractivity contribution in [3.8, 4) is 0 Å². The van der Waals surface area contributed by atoms with Gasteiger partial charge in [-0.3, -0.25) is 0 Å². The number of rotatable bonds is 6. The molecule has 0 unspecified atom stereocenters. The van der Waals surface area contributed by atoms with Gasteiger partial charge in [0.15, 0.2) is 17.6 Å². The van der Waals surface area contributed by atoms with E-state index in [0.717, 1.165) is 24.4 Å². The molecule has 2 aromatic heterocycles. The summed E-state index contributed by atoms with van der Waals surface area (Å²) < 4.78 is 11.3. The molecule has 0 radical (unpaired) electrons. The standard InChI is InChI=1S/C19H25NO3/c1-3-7-14-18(17-9-6-12-23-17)20-15(16-8-5-11-22-16)13-19(14,21)10-4-2/h4-6,8-9,11-12,14-15,18,20-21H,2-3,7,10,13H2,1H3/p+1/t14-,15+,18+,19-/m1/s1. The molecule has 0 spiro atoms. The van der Waals surface area contributed by atoms with Crippen molar-refractivity contribution in [2.45, 2.75) is 50.3 Å². The molecule has 4 nitrogen and oxygen atoms in total. The van der Waals surface area contributed by atoms with Crippen LogP contribution < -0.4 is 5.32 Å². The van der Waals surface area contributed by atoms with Crippen LogP contribution in [0.1, 0.15) is 56.2 Å². The second-order valence-corrected chi connectivity index (χ2v) is 6.55. The van der Waals surface area contributed by atoms with E-state index in [0.29, 0.717) is 12.8 Å². The van der Waals surface area contributed by atoms with Crippen LogP contribution in [-0.2, 0) is 0 Å². The first-order chi connectivity index (χ1) is 11.2. The third kappa shape index (κ3) is 3.14. The van der Waals surface area contributed by atoms with Crippen molar-refractivity contribution in [2.75, 3.05) is 0 Å². The number of furan rings is 2. The van der Waals surface area contributed by atoms with Crippen molar-refractivity contribution in [1.29, 1.82) is 0 Å². The van der Waals surface area contributed by atoms with Gasteiger partial charge in [0.2, 0.25) is 0 Å². The molecule has 0 bridgehead atoms. The summed E-state index contributed by atoms with van der Waals surface area (Å²) in [4.78, 5) is 0. The molecule has 1 aliphatic heterocycles. The molecule has 0 saturated carbocycles. The molecule has 1 fully saturated rings. The smallest absolute Gasteiger partial charge is 0.161 e. The Labute approximate surface area is 137 Å². The molecular formula is C19H26NO3+. The van der Waals surface area contributed by atoms with Gasteiger partial charge in [-0.1, -0.05) is 19.4 Å². The van der Waals surface area contributed by atoms with Crippen molar-refractivity contribution in [3.05, 3.63) is 61.0 Å². The Morgan fingerprint density at radius 2 is 2.00 bits per heavy atom. The zero-order chi connectivity index (χ0) is 16.3. The van der Waals surface area contributed by atoms with E-state index in [1.807, 2.05) is 30.3 Å². The number of quaternary nitrogens is 1. The maximum atomic E-state index is 11.4. The summed E-state index contributed by atoms with van der Waals surface area (Å²) in [5.41, 5.74) is -0.790. The summed E-state index contributed by atoms with van der Waals surface area (Å²) in [7, 11) is 0. The van der Waals surface area contributed by atoms with Crippen molar-refractivity contribution < 1.29 is 19.3 Å². The first-order valence-corrected chi connectivity index (χ1v) is 8.43. The molecular weight excluding hydrogens is 290 g/mol. The van der Waals surface area contributed by atoms with Gasteiger partial charge in [0, 0.05) is 12.3 Å². The monoisotopic (exact) mass is 316 g/mol. The molecule has 3 N–H and O–H groups in total. The highest BCUT2D eigenvalue weighted by molar-refractivity contribution is 5.12. The van der Waals surface area contributed by atoms with E-state index in [1.165, 1.54) is 0 Å². The number of aliphatic hydroxyl groups is 1. The average Bonchev–Trinajstić information content (AvgIpc) is 3.22. The number of piperidine rings is 1. The van der Waals surface area contributed by atoms with E-state index in [1.54, 1.807) is 12.5 Å². The Morgan fingerprint density at radius 1 is 1.30 bits per heavy atom. The molecule has 4 atom stereocenters. The fourth-order valence-electron chi connectivity index (χ4n) is 4.03. The largest absolute Gasteiger partial charge is 0.463 e. The normalized spacial score (nSPS) is 31.1. The summed E-state index contributed by atoms with van der Waals surface area (Å²) in [5.74, 6) is 1.95. The Balaban J connectivity index is 1.97. The van der Waals surface area contributed by atoms with Crippen molar-refractivity contribution in [3.63, 3.8) is 0 Å². The Kier molecular flexibility index (Phi) is 4.74.